The van der Waals surface area contributed by atoms with Crippen molar-refractivity contribution >= 4 is 39.2 Å². The van der Waals surface area contributed by atoms with Crippen molar-refractivity contribution in [3.63, 3.8) is 0 Å². The average molecular weight is 339 g/mol. The third-order valence-electron chi connectivity index (χ3n) is 4.38. The Kier molecular flexibility index (Phi) is 3.81. The van der Waals surface area contributed by atoms with Gasteiger partial charge in [-0.15, -0.1) is 0 Å². The summed E-state index contributed by atoms with van der Waals surface area (Å²) in [7, 11) is 0. The van der Waals surface area contributed by atoms with E-state index in [9.17, 15) is 0 Å². The molecule has 1 saturated carbocycles. The van der Waals surface area contributed by atoms with E-state index < -0.39 is 0 Å². The zero-order valence-electron chi connectivity index (χ0n) is 11.2. The van der Waals surface area contributed by atoms with Gasteiger partial charge >= 0.3 is 0 Å². The highest BCUT2D eigenvalue weighted by Gasteiger charge is 2.23. The van der Waals surface area contributed by atoms with Crippen LogP contribution in [0.1, 0.15) is 45.1 Å². The predicted molar refractivity (Wildman–Crippen MR) is 86.1 cm³/mol. The predicted octanol–water partition coefficient (Wildman–Crippen LogP) is 5.60. The zero-order valence-corrected chi connectivity index (χ0v) is 13.6. The molecule has 0 amide bonds. The van der Waals surface area contributed by atoms with Crippen LogP contribution in [-0.2, 0) is 0 Å². The first-order valence-corrected chi connectivity index (χ1v) is 8.29. The lowest BCUT2D eigenvalue weighted by molar-refractivity contribution is 0.264. The smallest absolute Gasteiger partial charge is 0.178 e. The number of nitrogens with one attached hydrogen (secondary N) is 1. The summed E-state index contributed by atoms with van der Waals surface area (Å²) in [6, 6.07) is 6.95. The Hall–Kier alpha value is -0.610. The van der Waals surface area contributed by atoms with Crippen molar-refractivity contribution in [3.8, 4) is 0 Å². The van der Waals surface area contributed by atoms with Gasteiger partial charge in [0, 0.05) is 10.5 Å². The number of fused-ring (bicyclic) bond motifs is 1. The summed E-state index contributed by atoms with van der Waals surface area (Å²) in [6.45, 7) is 2.30. The number of rotatable bonds is 2. The van der Waals surface area contributed by atoms with Crippen LogP contribution in [0.15, 0.2) is 22.7 Å². The van der Waals surface area contributed by atoms with E-state index in [1.807, 2.05) is 0 Å². The highest BCUT2D eigenvalue weighted by Crippen LogP contribution is 2.36. The summed E-state index contributed by atoms with van der Waals surface area (Å²) in [5.74, 6) is 0.862. The Morgan fingerprint density at radius 1 is 1.42 bits per heavy atom. The van der Waals surface area contributed by atoms with E-state index in [1.165, 1.54) is 37.6 Å². The zero-order chi connectivity index (χ0) is 13.4. The highest BCUT2D eigenvalue weighted by molar-refractivity contribution is 9.10. The second-order valence-corrected chi connectivity index (χ2v) is 6.86. The van der Waals surface area contributed by atoms with Crippen molar-refractivity contribution in [1.29, 1.82) is 0 Å². The van der Waals surface area contributed by atoms with E-state index in [-0.39, 0.29) is 0 Å². The highest BCUT2D eigenvalue weighted by atomic mass is 79.9. The second kappa shape index (κ2) is 5.41. The van der Waals surface area contributed by atoms with Crippen LogP contribution in [0, 0.1) is 10.7 Å². The van der Waals surface area contributed by atoms with Gasteiger partial charge in [0.2, 0.25) is 0 Å². The van der Waals surface area contributed by atoms with Gasteiger partial charge in [0.05, 0.1) is 11.0 Å². The van der Waals surface area contributed by atoms with Gasteiger partial charge in [0.15, 0.2) is 4.77 Å². The van der Waals surface area contributed by atoms with Gasteiger partial charge in [-0.1, -0.05) is 42.1 Å². The quantitative estimate of drug-likeness (QED) is 0.706. The lowest BCUT2D eigenvalue weighted by Gasteiger charge is -2.29. The van der Waals surface area contributed by atoms with E-state index in [0.29, 0.717) is 6.04 Å². The van der Waals surface area contributed by atoms with Crippen molar-refractivity contribution in [2.75, 3.05) is 0 Å². The number of aromatic nitrogens is 2. The molecule has 1 aromatic carbocycles. The summed E-state index contributed by atoms with van der Waals surface area (Å²) in [5.41, 5.74) is 2.38. The molecule has 3 rings (SSSR count). The molecule has 0 aliphatic heterocycles. The molecule has 1 fully saturated rings. The van der Waals surface area contributed by atoms with Crippen molar-refractivity contribution in [2.24, 2.45) is 5.92 Å². The molecule has 0 bridgehead atoms. The number of benzene rings is 1. The first-order valence-electron chi connectivity index (χ1n) is 7.08. The third-order valence-corrected chi connectivity index (χ3v) is 5.17. The van der Waals surface area contributed by atoms with Crippen molar-refractivity contribution in [1.82, 2.24) is 9.55 Å². The maximum absolute atomic E-state index is 5.54. The molecule has 1 aromatic heterocycles. The lowest BCUT2D eigenvalue weighted by atomic mass is 9.84. The van der Waals surface area contributed by atoms with Crippen molar-refractivity contribution in [3.05, 3.63) is 27.4 Å². The van der Waals surface area contributed by atoms with E-state index >= 15 is 0 Å². The number of hydrogen-bond donors (Lipinski definition) is 1. The molecule has 0 spiro atoms. The minimum atomic E-state index is 0.570. The number of H-pyrrole nitrogens is 1. The maximum atomic E-state index is 5.54. The molecule has 102 valence electrons. The minimum absolute atomic E-state index is 0.570. The van der Waals surface area contributed by atoms with Crippen LogP contribution in [0.25, 0.3) is 11.0 Å². The Bertz CT molecular complexity index is 643. The molecule has 1 heterocycles. The maximum Gasteiger partial charge on any atom is 0.178 e. The van der Waals surface area contributed by atoms with Crippen LogP contribution < -0.4 is 0 Å². The van der Waals surface area contributed by atoms with Crippen molar-refractivity contribution in [2.45, 2.75) is 45.1 Å². The first-order chi connectivity index (χ1) is 9.19. The number of halogens is 1. The molecule has 0 saturated heterocycles. The minimum Gasteiger partial charge on any atom is -0.331 e. The van der Waals surface area contributed by atoms with Crippen LogP contribution in [0.2, 0.25) is 0 Å². The summed E-state index contributed by atoms with van der Waals surface area (Å²) in [6.07, 6.45) is 6.53. The first kappa shape index (κ1) is 13.4. The van der Waals surface area contributed by atoms with E-state index in [4.69, 9.17) is 12.2 Å². The molecule has 1 aliphatic carbocycles. The Labute approximate surface area is 127 Å². The molecule has 1 aliphatic rings. The molecule has 2 unspecified atom stereocenters. The number of aromatic amines is 1. The topological polar surface area (TPSA) is 20.7 Å². The van der Waals surface area contributed by atoms with Crippen molar-refractivity contribution < 1.29 is 0 Å². The normalized spacial score (nSPS) is 23.9. The second-order valence-electron chi connectivity index (χ2n) is 5.56. The monoisotopic (exact) mass is 338 g/mol. The number of imidazole rings is 1. The lowest BCUT2D eigenvalue weighted by Crippen LogP contribution is -2.18. The van der Waals surface area contributed by atoms with Gasteiger partial charge in [-0.2, -0.15) is 0 Å². The van der Waals surface area contributed by atoms with Gasteiger partial charge in [-0.05, 0) is 49.2 Å². The number of nitrogens with zero attached hydrogens (tertiary/aromatic N) is 1. The number of hydrogen-bond acceptors (Lipinski definition) is 1. The van der Waals surface area contributed by atoms with E-state index in [0.717, 1.165) is 20.7 Å². The molecule has 4 heteroatoms. The molecule has 19 heavy (non-hydrogen) atoms. The Morgan fingerprint density at radius 3 is 3.05 bits per heavy atom. The standard InChI is InChI=1S/C15H19BrN2S/c1-2-10-4-3-5-12(8-10)18-14-7-6-11(16)9-13(14)17-15(18)19/h6-7,9-10,12H,2-5,8H2,1H3,(H,17,19). The fraction of sp³-hybridized carbons (Fsp3) is 0.533. The molecular weight excluding hydrogens is 320 g/mol. The summed E-state index contributed by atoms with van der Waals surface area (Å²) < 4.78 is 4.31. The Morgan fingerprint density at radius 2 is 2.26 bits per heavy atom. The molecule has 1 N–H and O–H groups in total. The van der Waals surface area contributed by atoms with Gasteiger partial charge < -0.3 is 9.55 Å². The van der Waals surface area contributed by atoms with Crippen LogP contribution in [0.5, 0.6) is 0 Å². The van der Waals surface area contributed by atoms with Crippen LogP contribution >= 0.6 is 28.1 Å². The molecular formula is C15H19BrN2S. The third kappa shape index (κ3) is 2.52. The largest absolute Gasteiger partial charge is 0.331 e. The fourth-order valence-electron chi connectivity index (χ4n) is 3.33. The van der Waals surface area contributed by atoms with Crippen LogP contribution in [-0.4, -0.2) is 9.55 Å². The van der Waals surface area contributed by atoms with Gasteiger partial charge in [-0.25, -0.2) is 0 Å². The van der Waals surface area contributed by atoms with Gasteiger partial charge in [-0.3, -0.25) is 0 Å². The molecule has 0 radical (unpaired) electrons. The average Bonchev–Trinajstić information content (AvgIpc) is 2.73. The Balaban J connectivity index is 2.04. The van der Waals surface area contributed by atoms with E-state index in [1.54, 1.807) is 0 Å². The molecule has 2 atom stereocenters. The van der Waals surface area contributed by atoms with Crippen LogP contribution in [0.3, 0.4) is 0 Å². The summed E-state index contributed by atoms with van der Waals surface area (Å²) in [5, 5.41) is 0. The fourth-order valence-corrected chi connectivity index (χ4v) is 4.05. The summed E-state index contributed by atoms with van der Waals surface area (Å²) in [4.78, 5) is 3.35. The summed E-state index contributed by atoms with van der Waals surface area (Å²) >= 11 is 9.06. The van der Waals surface area contributed by atoms with Gasteiger partial charge in [0.25, 0.3) is 0 Å². The molecule has 2 aromatic rings. The molecule has 2 nitrogen and oxygen atoms in total. The van der Waals surface area contributed by atoms with Crippen LogP contribution in [0.4, 0.5) is 0 Å². The SMILES string of the molecule is CCC1CCCC(n2c(=S)[nH]c3cc(Br)ccc32)C1. The van der Waals surface area contributed by atoms with Gasteiger partial charge in [0.1, 0.15) is 0 Å². The van der Waals surface area contributed by atoms with E-state index in [2.05, 4.69) is 50.6 Å².